The van der Waals surface area contributed by atoms with Gasteiger partial charge < -0.3 is 10.2 Å². The van der Waals surface area contributed by atoms with Crippen LogP contribution in [0.3, 0.4) is 0 Å². The van der Waals surface area contributed by atoms with Gasteiger partial charge in [0.1, 0.15) is 0 Å². The van der Waals surface area contributed by atoms with E-state index in [1.54, 1.807) is 12.1 Å². The smallest absolute Gasteiger partial charge is 0.238 e. The minimum Gasteiger partial charge on any atom is -0.340 e. The number of benzene rings is 1. The number of aryl methyl sites for hydroxylation is 2. The number of para-hydroxylation sites is 1. The molecule has 7 nitrogen and oxygen atoms in total. The Balaban J connectivity index is 1.46. The molecule has 0 unspecified atom stereocenters. The zero-order valence-corrected chi connectivity index (χ0v) is 16.3. The number of nitrogens with one attached hydrogen (secondary N) is 2. The summed E-state index contributed by atoms with van der Waals surface area (Å²) in [5.41, 5.74) is 3.40. The van der Waals surface area contributed by atoms with E-state index < -0.39 is 0 Å². The number of aromatic nitrogens is 2. The van der Waals surface area contributed by atoms with E-state index in [-0.39, 0.29) is 18.4 Å². The molecule has 0 bridgehead atoms. The molecule has 1 aromatic heterocycles. The second-order valence-corrected chi connectivity index (χ2v) is 7.18. The molecule has 0 saturated carbocycles. The lowest BCUT2D eigenvalue weighted by Gasteiger charge is -2.34. The number of anilines is 1. The highest BCUT2D eigenvalue weighted by atomic mass is 35.5. The molecule has 144 valence electrons. The van der Waals surface area contributed by atoms with Crippen molar-refractivity contribution in [3.05, 3.63) is 46.2 Å². The van der Waals surface area contributed by atoms with Crippen LogP contribution in [0.5, 0.6) is 0 Å². The van der Waals surface area contributed by atoms with Crippen molar-refractivity contribution < 1.29 is 9.59 Å². The summed E-state index contributed by atoms with van der Waals surface area (Å²) < 4.78 is 0. The first-order chi connectivity index (χ1) is 12.9. The van der Waals surface area contributed by atoms with E-state index in [0.29, 0.717) is 43.3 Å². The van der Waals surface area contributed by atoms with Gasteiger partial charge in [-0.05, 0) is 26.0 Å². The summed E-state index contributed by atoms with van der Waals surface area (Å²) in [6.07, 6.45) is 0.362. The second kappa shape index (κ2) is 8.54. The first kappa shape index (κ1) is 19.4. The van der Waals surface area contributed by atoms with Crippen molar-refractivity contribution in [3.8, 4) is 0 Å². The maximum Gasteiger partial charge on any atom is 0.238 e. The molecule has 0 radical (unpaired) electrons. The van der Waals surface area contributed by atoms with Crippen molar-refractivity contribution in [2.75, 3.05) is 38.0 Å². The Hall–Kier alpha value is -2.38. The third-order valence-corrected chi connectivity index (χ3v) is 5.18. The summed E-state index contributed by atoms with van der Waals surface area (Å²) >= 11 is 6.07. The number of hydrogen-bond donors (Lipinski definition) is 2. The van der Waals surface area contributed by atoms with E-state index in [4.69, 9.17) is 11.6 Å². The minimum absolute atomic E-state index is 0.0998. The molecule has 3 rings (SSSR count). The lowest BCUT2D eigenvalue weighted by molar-refractivity contribution is -0.132. The van der Waals surface area contributed by atoms with Gasteiger partial charge in [0.25, 0.3) is 0 Å². The number of rotatable bonds is 5. The molecular weight excluding hydrogens is 366 g/mol. The maximum absolute atomic E-state index is 12.5. The van der Waals surface area contributed by atoms with Gasteiger partial charge in [-0.1, -0.05) is 23.7 Å². The fraction of sp³-hybridized carbons (Fsp3) is 0.421. The summed E-state index contributed by atoms with van der Waals surface area (Å²) in [5, 5.41) is 10.4. The quantitative estimate of drug-likeness (QED) is 0.819. The molecule has 2 amide bonds. The Kier molecular flexibility index (Phi) is 6.13. The van der Waals surface area contributed by atoms with Crippen LogP contribution in [-0.2, 0) is 16.0 Å². The Morgan fingerprint density at radius 3 is 2.52 bits per heavy atom. The predicted octanol–water partition coefficient (Wildman–Crippen LogP) is 2.01. The first-order valence-corrected chi connectivity index (χ1v) is 9.37. The Morgan fingerprint density at radius 1 is 1.19 bits per heavy atom. The summed E-state index contributed by atoms with van der Waals surface area (Å²) in [7, 11) is 0. The van der Waals surface area contributed by atoms with Gasteiger partial charge in [0.15, 0.2) is 0 Å². The van der Waals surface area contributed by atoms with E-state index in [1.807, 2.05) is 35.8 Å². The molecule has 1 aliphatic heterocycles. The monoisotopic (exact) mass is 389 g/mol. The highest BCUT2D eigenvalue weighted by Gasteiger charge is 2.24. The van der Waals surface area contributed by atoms with E-state index in [9.17, 15) is 9.59 Å². The molecule has 1 saturated heterocycles. The van der Waals surface area contributed by atoms with Crippen molar-refractivity contribution in [1.29, 1.82) is 0 Å². The molecule has 1 fully saturated rings. The van der Waals surface area contributed by atoms with Crippen LogP contribution in [0.25, 0.3) is 0 Å². The third-order valence-electron chi connectivity index (χ3n) is 4.85. The zero-order chi connectivity index (χ0) is 19.4. The summed E-state index contributed by atoms with van der Waals surface area (Å²) in [5.74, 6) is -0.00436. The predicted molar refractivity (Wildman–Crippen MR) is 105 cm³/mol. The van der Waals surface area contributed by atoms with Crippen LogP contribution in [0.15, 0.2) is 24.3 Å². The topological polar surface area (TPSA) is 81.3 Å². The van der Waals surface area contributed by atoms with Crippen LogP contribution in [0.4, 0.5) is 5.69 Å². The van der Waals surface area contributed by atoms with E-state index in [0.717, 1.165) is 17.0 Å². The van der Waals surface area contributed by atoms with Gasteiger partial charge in [0, 0.05) is 37.4 Å². The van der Waals surface area contributed by atoms with Crippen LogP contribution < -0.4 is 5.32 Å². The molecule has 2 aromatic rings. The standard InChI is InChI=1S/C19H24ClN5O2/c1-13-15(14(2)23-22-13)11-19(27)25-9-7-24(8-10-25)12-18(26)21-17-6-4-3-5-16(17)20/h3-6H,7-12H2,1-2H3,(H,21,26)(H,22,23). The van der Waals surface area contributed by atoms with Crippen LogP contribution in [0.2, 0.25) is 5.02 Å². The molecule has 0 spiro atoms. The third kappa shape index (κ3) is 4.87. The molecule has 1 aliphatic rings. The van der Waals surface area contributed by atoms with Crippen molar-refractivity contribution in [2.24, 2.45) is 0 Å². The molecule has 27 heavy (non-hydrogen) atoms. The minimum atomic E-state index is -0.104. The maximum atomic E-state index is 12.5. The average molecular weight is 390 g/mol. The van der Waals surface area contributed by atoms with Crippen LogP contribution >= 0.6 is 11.6 Å². The normalized spacial score (nSPS) is 15.0. The van der Waals surface area contributed by atoms with Crippen LogP contribution in [0, 0.1) is 13.8 Å². The Labute approximate surface area is 163 Å². The number of amides is 2. The summed E-state index contributed by atoms with van der Waals surface area (Å²) in [6.45, 7) is 6.70. The molecular formula is C19H24ClN5O2. The van der Waals surface area contributed by atoms with Gasteiger partial charge >= 0.3 is 0 Å². The van der Waals surface area contributed by atoms with Crippen LogP contribution in [-0.4, -0.2) is 64.5 Å². The van der Waals surface area contributed by atoms with Gasteiger partial charge in [-0.3, -0.25) is 19.6 Å². The molecule has 0 atom stereocenters. The number of carbonyl (C=O) groups excluding carboxylic acids is 2. The molecule has 1 aromatic carbocycles. The SMILES string of the molecule is Cc1n[nH]c(C)c1CC(=O)N1CCN(CC(=O)Nc2ccccc2Cl)CC1. The van der Waals surface area contributed by atoms with E-state index in [2.05, 4.69) is 15.5 Å². The van der Waals surface area contributed by atoms with Gasteiger partial charge in [0.05, 0.1) is 29.4 Å². The van der Waals surface area contributed by atoms with Gasteiger partial charge in [-0.2, -0.15) is 5.10 Å². The highest BCUT2D eigenvalue weighted by molar-refractivity contribution is 6.33. The highest BCUT2D eigenvalue weighted by Crippen LogP contribution is 2.20. The molecule has 2 heterocycles. The van der Waals surface area contributed by atoms with E-state index >= 15 is 0 Å². The molecule has 8 heteroatoms. The number of carbonyl (C=O) groups is 2. The van der Waals surface area contributed by atoms with E-state index in [1.165, 1.54) is 0 Å². The summed E-state index contributed by atoms with van der Waals surface area (Å²) in [6, 6.07) is 7.16. The van der Waals surface area contributed by atoms with Crippen molar-refractivity contribution >= 4 is 29.1 Å². The molecule has 2 N–H and O–H groups in total. The number of hydrogen-bond acceptors (Lipinski definition) is 4. The number of aromatic amines is 1. The fourth-order valence-corrected chi connectivity index (χ4v) is 3.39. The zero-order valence-electron chi connectivity index (χ0n) is 15.6. The number of H-pyrrole nitrogens is 1. The van der Waals surface area contributed by atoms with Gasteiger partial charge in [-0.25, -0.2) is 0 Å². The van der Waals surface area contributed by atoms with Crippen LogP contribution in [0.1, 0.15) is 17.0 Å². The first-order valence-electron chi connectivity index (χ1n) is 8.99. The lowest BCUT2D eigenvalue weighted by Crippen LogP contribution is -2.50. The second-order valence-electron chi connectivity index (χ2n) is 6.77. The molecule has 0 aliphatic carbocycles. The lowest BCUT2D eigenvalue weighted by atomic mass is 10.1. The largest absolute Gasteiger partial charge is 0.340 e. The van der Waals surface area contributed by atoms with Gasteiger partial charge in [0.2, 0.25) is 11.8 Å². The van der Waals surface area contributed by atoms with Crippen molar-refractivity contribution in [2.45, 2.75) is 20.3 Å². The van der Waals surface area contributed by atoms with Gasteiger partial charge in [-0.15, -0.1) is 0 Å². The number of nitrogens with zero attached hydrogens (tertiary/aromatic N) is 3. The van der Waals surface area contributed by atoms with Crippen molar-refractivity contribution in [3.63, 3.8) is 0 Å². The average Bonchev–Trinajstić information content (AvgIpc) is 2.96. The Morgan fingerprint density at radius 2 is 1.89 bits per heavy atom. The van der Waals surface area contributed by atoms with Crippen molar-refractivity contribution in [1.82, 2.24) is 20.0 Å². The summed E-state index contributed by atoms with van der Waals surface area (Å²) in [4.78, 5) is 28.7. The number of piperazine rings is 1. The fourth-order valence-electron chi connectivity index (χ4n) is 3.21. The Bertz CT molecular complexity index is 808. The number of halogens is 1.